The fourth-order valence-corrected chi connectivity index (χ4v) is 4.75. The molecule has 0 saturated carbocycles. The Kier molecular flexibility index (Phi) is 6.67. The topological polar surface area (TPSA) is 111 Å². The van der Waals surface area contributed by atoms with Gasteiger partial charge < -0.3 is 15.2 Å². The zero-order valence-electron chi connectivity index (χ0n) is 16.9. The van der Waals surface area contributed by atoms with Crippen molar-refractivity contribution in [3.8, 4) is 6.07 Å². The number of carbonyl (C=O) groups excluding carboxylic acids is 2. The van der Waals surface area contributed by atoms with E-state index in [1.165, 1.54) is 16.2 Å². The van der Waals surface area contributed by atoms with Crippen LogP contribution in [0.1, 0.15) is 41.5 Å². The number of amides is 2. The number of nitrogens with one attached hydrogen (secondary N) is 2. The molecule has 0 saturated heterocycles. The molecule has 2 heterocycles. The van der Waals surface area contributed by atoms with Gasteiger partial charge in [0.15, 0.2) is 5.82 Å². The molecule has 2 aromatic rings. The molecule has 2 amide bonds. The van der Waals surface area contributed by atoms with Gasteiger partial charge in [-0.1, -0.05) is 12.1 Å². The van der Waals surface area contributed by atoms with Gasteiger partial charge in [-0.3, -0.25) is 14.5 Å². The molecule has 0 bridgehead atoms. The van der Waals surface area contributed by atoms with E-state index in [1.54, 1.807) is 24.9 Å². The number of carbonyl (C=O) groups is 2. The van der Waals surface area contributed by atoms with Crippen LogP contribution in [0.5, 0.6) is 0 Å². The fourth-order valence-electron chi connectivity index (χ4n) is 3.37. The largest absolute Gasteiger partial charge is 0.360 e. The maximum atomic E-state index is 12.4. The normalized spacial score (nSPS) is 15.6. The molecule has 1 aliphatic rings. The summed E-state index contributed by atoms with van der Waals surface area (Å²) >= 11 is 1.52. The van der Waals surface area contributed by atoms with Crippen molar-refractivity contribution in [3.63, 3.8) is 0 Å². The van der Waals surface area contributed by atoms with Crippen molar-refractivity contribution in [1.29, 1.82) is 5.26 Å². The van der Waals surface area contributed by atoms with E-state index in [0.29, 0.717) is 34.6 Å². The number of fused-ring (bicyclic) bond motifs is 1. The van der Waals surface area contributed by atoms with Crippen LogP contribution >= 0.6 is 11.3 Å². The maximum absolute atomic E-state index is 12.4. The third-order valence-electron chi connectivity index (χ3n) is 4.91. The second-order valence-corrected chi connectivity index (χ2v) is 8.68. The number of nitriles is 1. The van der Waals surface area contributed by atoms with E-state index < -0.39 is 0 Å². The van der Waals surface area contributed by atoms with Crippen molar-refractivity contribution < 1.29 is 14.1 Å². The minimum atomic E-state index is -0.229. The lowest BCUT2D eigenvalue weighted by Crippen LogP contribution is -2.32. The van der Waals surface area contributed by atoms with Crippen molar-refractivity contribution in [2.45, 2.75) is 39.5 Å². The summed E-state index contributed by atoms with van der Waals surface area (Å²) in [6, 6.07) is 3.90. The van der Waals surface area contributed by atoms with E-state index in [4.69, 9.17) is 4.52 Å². The Hall–Kier alpha value is -2.70. The first kappa shape index (κ1) is 21.0. The minimum absolute atomic E-state index is 0.133. The van der Waals surface area contributed by atoms with Crippen molar-refractivity contribution in [1.82, 2.24) is 10.1 Å². The highest BCUT2D eigenvalue weighted by molar-refractivity contribution is 7.16. The number of aromatic nitrogens is 1. The number of nitrogens with zero attached hydrogens (tertiary/aromatic N) is 3. The number of thiophene rings is 1. The van der Waals surface area contributed by atoms with Crippen LogP contribution in [0, 0.1) is 24.2 Å². The Balaban J connectivity index is 1.48. The van der Waals surface area contributed by atoms with Gasteiger partial charge in [-0.05, 0) is 44.7 Å². The van der Waals surface area contributed by atoms with Gasteiger partial charge in [0.05, 0.1) is 12.1 Å². The van der Waals surface area contributed by atoms with Gasteiger partial charge in [0.25, 0.3) is 0 Å². The molecule has 0 spiro atoms. The Morgan fingerprint density at radius 1 is 1.41 bits per heavy atom. The summed E-state index contributed by atoms with van der Waals surface area (Å²) in [6.45, 7) is 4.51. The van der Waals surface area contributed by atoms with E-state index in [-0.39, 0.29) is 24.8 Å². The van der Waals surface area contributed by atoms with Crippen molar-refractivity contribution in [3.05, 3.63) is 27.8 Å². The predicted octanol–water partition coefficient (Wildman–Crippen LogP) is 2.94. The second kappa shape index (κ2) is 9.20. The molecule has 0 radical (unpaired) electrons. The molecule has 0 aliphatic heterocycles. The maximum Gasteiger partial charge on any atom is 0.239 e. The van der Waals surface area contributed by atoms with E-state index in [2.05, 4.69) is 28.8 Å². The van der Waals surface area contributed by atoms with Gasteiger partial charge in [-0.15, -0.1) is 11.3 Å². The molecule has 1 unspecified atom stereocenters. The zero-order valence-corrected chi connectivity index (χ0v) is 17.7. The quantitative estimate of drug-likeness (QED) is 0.719. The molecule has 1 atom stereocenters. The van der Waals surface area contributed by atoms with Gasteiger partial charge in [-0.25, -0.2) is 0 Å². The lowest BCUT2D eigenvalue weighted by Gasteiger charge is -2.17. The Bertz CT molecular complexity index is 943. The van der Waals surface area contributed by atoms with Crippen LogP contribution in [-0.2, 0) is 22.4 Å². The van der Waals surface area contributed by atoms with Crippen LogP contribution in [0.2, 0.25) is 0 Å². The summed E-state index contributed by atoms with van der Waals surface area (Å²) in [7, 11) is 1.77. The van der Waals surface area contributed by atoms with Crippen molar-refractivity contribution in [2.75, 3.05) is 30.8 Å². The lowest BCUT2D eigenvalue weighted by atomic mass is 9.89. The fraction of sp³-hybridized carbons (Fsp3) is 0.500. The molecule has 1 aliphatic carbocycles. The first-order valence-electron chi connectivity index (χ1n) is 9.62. The monoisotopic (exact) mass is 415 g/mol. The summed E-state index contributed by atoms with van der Waals surface area (Å²) in [4.78, 5) is 27.4. The Labute approximate surface area is 173 Å². The average molecular weight is 416 g/mol. The van der Waals surface area contributed by atoms with Gasteiger partial charge in [0.1, 0.15) is 16.8 Å². The number of hydrogen-bond donors (Lipinski definition) is 2. The lowest BCUT2D eigenvalue weighted by molar-refractivity contribution is -0.119. The van der Waals surface area contributed by atoms with E-state index in [1.807, 2.05) is 0 Å². The third kappa shape index (κ3) is 5.43. The summed E-state index contributed by atoms with van der Waals surface area (Å²) in [5.41, 5.74) is 1.71. The van der Waals surface area contributed by atoms with E-state index in [9.17, 15) is 14.9 Å². The van der Waals surface area contributed by atoms with E-state index in [0.717, 1.165) is 24.8 Å². The first-order valence-corrected chi connectivity index (χ1v) is 10.4. The Morgan fingerprint density at radius 2 is 2.21 bits per heavy atom. The summed E-state index contributed by atoms with van der Waals surface area (Å²) in [6.07, 6.45) is 3.17. The van der Waals surface area contributed by atoms with Gasteiger partial charge in [-0.2, -0.15) is 5.26 Å². The predicted molar refractivity (Wildman–Crippen MR) is 111 cm³/mol. The molecular formula is C20H25N5O3S. The number of anilines is 2. The van der Waals surface area contributed by atoms with E-state index >= 15 is 0 Å². The highest BCUT2D eigenvalue weighted by Crippen LogP contribution is 2.39. The van der Waals surface area contributed by atoms with Crippen molar-refractivity contribution in [2.24, 2.45) is 5.92 Å². The number of rotatable bonds is 7. The van der Waals surface area contributed by atoms with Gasteiger partial charge in [0.2, 0.25) is 11.8 Å². The SMILES string of the molecule is Cc1cc(NC(=O)CN(C)CCC(=O)Nc2sc3c(c2C#N)CCC(C)C3)no1. The molecule has 0 fully saturated rings. The smallest absolute Gasteiger partial charge is 0.239 e. The summed E-state index contributed by atoms with van der Waals surface area (Å²) < 4.78 is 4.91. The number of likely N-dealkylation sites (N-methyl/N-ethyl adjacent to an activating group) is 1. The average Bonchev–Trinajstić information content (AvgIpc) is 3.21. The first-order chi connectivity index (χ1) is 13.9. The highest BCUT2D eigenvalue weighted by atomic mass is 32.1. The summed E-state index contributed by atoms with van der Waals surface area (Å²) in [5.74, 6) is 1.21. The molecule has 2 aromatic heterocycles. The van der Waals surface area contributed by atoms with Crippen LogP contribution in [0.3, 0.4) is 0 Å². The molecule has 2 N–H and O–H groups in total. The van der Waals surface area contributed by atoms with Crippen LogP contribution in [-0.4, -0.2) is 42.0 Å². The van der Waals surface area contributed by atoms with Crippen LogP contribution < -0.4 is 10.6 Å². The molecule has 8 nitrogen and oxygen atoms in total. The van der Waals surface area contributed by atoms with Crippen molar-refractivity contribution >= 4 is 34.0 Å². The summed E-state index contributed by atoms with van der Waals surface area (Å²) in [5, 5.41) is 19.4. The van der Waals surface area contributed by atoms with Crippen LogP contribution in [0.15, 0.2) is 10.6 Å². The molecule has 29 heavy (non-hydrogen) atoms. The molecule has 0 aromatic carbocycles. The van der Waals surface area contributed by atoms with Crippen LogP contribution in [0.4, 0.5) is 10.8 Å². The van der Waals surface area contributed by atoms with Crippen LogP contribution in [0.25, 0.3) is 0 Å². The van der Waals surface area contributed by atoms with Gasteiger partial charge in [0, 0.05) is 23.9 Å². The third-order valence-corrected chi connectivity index (χ3v) is 6.08. The zero-order chi connectivity index (χ0) is 21.0. The number of aryl methyl sites for hydroxylation is 1. The second-order valence-electron chi connectivity index (χ2n) is 7.57. The molecule has 9 heteroatoms. The molecular weight excluding hydrogens is 390 g/mol. The van der Waals surface area contributed by atoms with Gasteiger partial charge >= 0.3 is 0 Å². The Morgan fingerprint density at radius 3 is 2.90 bits per heavy atom. The molecule has 3 rings (SSSR count). The number of hydrogen-bond acceptors (Lipinski definition) is 7. The molecule has 154 valence electrons. The standard InChI is InChI=1S/C20H25N5O3S/c1-12-4-5-14-15(10-21)20(29-16(14)8-12)23-18(26)6-7-25(3)11-19(27)22-17-9-13(2)28-24-17/h9,12H,4-8,11H2,1-3H3,(H,23,26)(H,22,24,27). The highest BCUT2D eigenvalue weighted by Gasteiger charge is 2.24. The minimum Gasteiger partial charge on any atom is -0.360 e.